The van der Waals surface area contributed by atoms with Crippen LogP contribution in [0.5, 0.6) is 0 Å². The standard InChI is InChI=1S/C16H36NO2.C2HF3O2/c1-4-7-8-9-10-11-12-17(5-2,6-3)13-15-19-16-14-18;3-2(4,5)1(6)7/h18H,4-16H2,1-3H3;(H,6,7)/q+1;/p-1. The molecule has 5 nitrogen and oxygen atoms in total. The minimum Gasteiger partial charge on any atom is -0.542 e. The number of aliphatic carboxylic acids is 1. The van der Waals surface area contributed by atoms with E-state index >= 15 is 0 Å². The molecule has 158 valence electrons. The van der Waals surface area contributed by atoms with Crippen LogP contribution in [0.4, 0.5) is 13.2 Å². The van der Waals surface area contributed by atoms with E-state index in [-0.39, 0.29) is 6.61 Å². The second kappa shape index (κ2) is 16.3. The third kappa shape index (κ3) is 15.4. The molecule has 0 atom stereocenters. The lowest BCUT2D eigenvalue weighted by atomic mass is 10.1. The topological polar surface area (TPSA) is 69.6 Å². The number of aliphatic hydroxyl groups excluding tert-OH is 1. The van der Waals surface area contributed by atoms with Crippen molar-refractivity contribution in [2.24, 2.45) is 0 Å². The van der Waals surface area contributed by atoms with Gasteiger partial charge in [0.1, 0.15) is 12.5 Å². The number of unbranched alkanes of at least 4 members (excludes halogenated alkanes) is 5. The molecule has 0 aliphatic carbocycles. The maximum absolute atomic E-state index is 10.5. The first kappa shape index (κ1) is 27.4. The molecule has 0 amide bonds. The Kier molecular flexibility index (Phi) is 17.2. The van der Waals surface area contributed by atoms with Crippen molar-refractivity contribution in [2.75, 3.05) is 46.0 Å². The molecule has 0 saturated carbocycles. The highest BCUT2D eigenvalue weighted by molar-refractivity contribution is 5.70. The zero-order chi connectivity index (χ0) is 20.5. The summed E-state index contributed by atoms with van der Waals surface area (Å²) in [5, 5.41) is 17.5. The summed E-state index contributed by atoms with van der Waals surface area (Å²) < 4.78 is 38.2. The lowest BCUT2D eigenvalue weighted by Gasteiger charge is -2.37. The van der Waals surface area contributed by atoms with Gasteiger partial charge in [0.2, 0.25) is 0 Å². The van der Waals surface area contributed by atoms with Crippen LogP contribution < -0.4 is 5.11 Å². The van der Waals surface area contributed by atoms with E-state index < -0.39 is 12.1 Å². The number of carboxylic acids is 1. The average Bonchev–Trinajstić information content (AvgIpc) is 2.60. The number of hydrogen-bond donors (Lipinski definition) is 1. The second-order valence-corrected chi connectivity index (χ2v) is 6.31. The molecule has 0 aromatic heterocycles. The molecule has 1 N–H and O–H groups in total. The minimum absolute atomic E-state index is 0.135. The number of carbonyl (C=O) groups excluding carboxylic acids is 1. The molecule has 0 heterocycles. The molecular formula is C18H36F3NO4. The lowest BCUT2D eigenvalue weighted by Crippen LogP contribution is -2.50. The Bertz CT molecular complexity index is 335. The molecule has 0 aromatic rings. The fraction of sp³-hybridized carbons (Fsp3) is 0.944. The van der Waals surface area contributed by atoms with Gasteiger partial charge < -0.3 is 24.2 Å². The number of rotatable bonds is 14. The molecule has 0 fully saturated rings. The molecule has 0 aliphatic rings. The van der Waals surface area contributed by atoms with Gasteiger partial charge in [-0.2, -0.15) is 13.2 Å². The Balaban J connectivity index is 0. The molecule has 0 bridgehead atoms. The Labute approximate surface area is 155 Å². The fourth-order valence-electron chi connectivity index (χ4n) is 2.62. The van der Waals surface area contributed by atoms with Crippen molar-refractivity contribution in [2.45, 2.75) is 65.5 Å². The van der Waals surface area contributed by atoms with E-state index in [1.807, 2.05) is 0 Å². The molecule has 0 radical (unpaired) electrons. The van der Waals surface area contributed by atoms with Gasteiger partial charge in [0, 0.05) is 0 Å². The number of quaternary nitrogens is 1. The van der Waals surface area contributed by atoms with Gasteiger partial charge in [-0.3, -0.25) is 0 Å². The van der Waals surface area contributed by atoms with Gasteiger partial charge in [-0.05, 0) is 26.7 Å². The van der Waals surface area contributed by atoms with Gasteiger partial charge in [-0.1, -0.05) is 32.6 Å². The van der Waals surface area contributed by atoms with Crippen LogP contribution in [0, 0.1) is 0 Å². The summed E-state index contributed by atoms with van der Waals surface area (Å²) in [5.74, 6) is -3.01. The summed E-state index contributed by atoms with van der Waals surface area (Å²) in [6, 6.07) is 0. The van der Waals surface area contributed by atoms with E-state index in [2.05, 4.69) is 20.8 Å². The van der Waals surface area contributed by atoms with Crippen molar-refractivity contribution in [3.63, 3.8) is 0 Å². The van der Waals surface area contributed by atoms with E-state index in [0.29, 0.717) is 6.61 Å². The summed E-state index contributed by atoms with van der Waals surface area (Å²) in [7, 11) is 0. The number of nitrogens with zero attached hydrogens (tertiary/aromatic N) is 1. The van der Waals surface area contributed by atoms with E-state index in [1.54, 1.807) is 0 Å². The average molecular weight is 387 g/mol. The zero-order valence-corrected chi connectivity index (χ0v) is 16.4. The predicted octanol–water partition coefficient (Wildman–Crippen LogP) is 2.51. The first-order valence-electron chi connectivity index (χ1n) is 9.51. The summed E-state index contributed by atoms with van der Waals surface area (Å²) >= 11 is 0. The fourth-order valence-corrected chi connectivity index (χ4v) is 2.62. The summed E-state index contributed by atoms with van der Waals surface area (Å²) in [5.41, 5.74) is 0. The van der Waals surface area contributed by atoms with Crippen molar-refractivity contribution >= 4 is 5.97 Å². The van der Waals surface area contributed by atoms with Gasteiger partial charge in [0.05, 0.1) is 39.5 Å². The molecule has 0 aromatic carbocycles. The SMILES string of the molecule is CCCCCCCC[N+](CC)(CC)CCOCCO.O=C([O-])C(F)(F)F. The van der Waals surface area contributed by atoms with Crippen LogP contribution in [0.2, 0.25) is 0 Å². The number of ether oxygens (including phenoxy) is 1. The highest BCUT2D eigenvalue weighted by Gasteiger charge is 2.28. The number of hydrogen-bond acceptors (Lipinski definition) is 4. The first-order chi connectivity index (χ1) is 12.2. The van der Waals surface area contributed by atoms with E-state index in [4.69, 9.17) is 19.7 Å². The maximum atomic E-state index is 10.5. The van der Waals surface area contributed by atoms with Crippen LogP contribution in [0.3, 0.4) is 0 Å². The Morgan fingerprint density at radius 1 is 0.962 bits per heavy atom. The van der Waals surface area contributed by atoms with E-state index in [9.17, 15) is 13.2 Å². The second-order valence-electron chi connectivity index (χ2n) is 6.31. The van der Waals surface area contributed by atoms with Crippen LogP contribution in [-0.4, -0.2) is 67.7 Å². The molecule has 0 rings (SSSR count). The highest BCUT2D eigenvalue weighted by Crippen LogP contribution is 2.12. The number of halogens is 3. The van der Waals surface area contributed by atoms with Crippen LogP contribution >= 0.6 is 0 Å². The summed E-state index contributed by atoms with van der Waals surface area (Å²) in [6.45, 7) is 13.0. The molecule has 0 unspecified atom stereocenters. The molecular weight excluding hydrogens is 351 g/mol. The van der Waals surface area contributed by atoms with E-state index in [0.717, 1.165) is 13.2 Å². The van der Waals surface area contributed by atoms with Crippen LogP contribution in [-0.2, 0) is 9.53 Å². The normalized spacial score (nSPS) is 11.8. The number of carboxylic acid groups (broad SMARTS) is 1. The number of carbonyl (C=O) groups is 1. The van der Waals surface area contributed by atoms with Gasteiger partial charge >= 0.3 is 6.18 Å². The third-order valence-corrected chi connectivity index (χ3v) is 4.50. The predicted molar refractivity (Wildman–Crippen MR) is 93.4 cm³/mol. The number of aliphatic hydroxyl groups is 1. The molecule has 26 heavy (non-hydrogen) atoms. The quantitative estimate of drug-likeness (QED) is 0.367. The number of likely N-dealkylation sites (N-methyl/N-ethyl adjacent to an activating group) is 1. The van der Waals surface area contributed by atoms with Crippen LogP contribution in [0.25, 0.3) is 0 Å². The van der Waals surface area contributed by atoms with Crippen molar-refractivity contribution in [1.82, 2.24) is 0 Å². The monoisotopic (exact) mass is 387 g/mol. The minimum atomic E-state index is -5.19. The Hall–Kier alpha value is -0.860. The Morgan fingerprint density at radius 3 is 1.88 bits per heavy atom. The van der Waals surface area contributed by atoms with Gasteiger partial charge in [0.25, 0.3) is 0 Å². The van der Waals surface area contributed by atoms with Crippen LogP contribution in [0.1, 0.15) is 59.3 Å². The molecule has 0 spiro atoms. The van der Waals surface area contributed by atoms with Gasteiger partial charge in [-0.25, -0.2) is 0 Å². The third-order valence-electron chi connectivity index (χ3n) is 4.50. The van der Waals surface area contributed by atoms with Gasteiger partial charge in [-0.15, -0.1) is 0 Å². The molecule has 8 heteroatoms. The summed E-state index contributed by atoms with van der Waals surface area (Å²) in [6.07, 6.45) is 3.02. The highest BCUT2D eigenvalue weighted by atomic mass is 19.4. The van der Waals surface area contributed by atoms with Crippen molar-refractivity contribution in [1.29, 1.82) is 0 Å². The van der Waals surface area contributed by atoms with Crippen molar-refractivity contribution in [3.05, 3.63) is 0 Å². The largest absolute Gasteiger partial charge is 0.542 e. The van der Waals surface area contributed by atoms with Crippen molar-refractivity contribution in [3.8, 4) is 0 Å². The lowest BCUT2D eigenvalue weighted by molar-refractivity contribution is -0.925. The molecule has 0 aliphatic heterocycles. The molecule has 0 saturated heterocycles. The van der Waals surface area contributed by atoms with Gasteiger partial charge in [0.15, 0.2) is 0 Å². The van der Waals surface area contributed by atoms with E-state index in [1.165, 1.54) is 62.6 Å². The maximum Gasteiger partial charge on any atom is 0.430 e. The summed E-state index contributed by atoms with van der Waals surface area (Å²) in [4.78, 5) is 8.78. The zero-order valence-electron chi connectivity index (χ0n) is 16.4. The Morgan fingerprint density at radius 2 is 1.46 bits per heavy atom. The first-order valence-corrected chi connectivity index (χ1v) is 9.51. The van der Waals surface area contributed by atoms with Crippen molar-refractivity contribution < 1.29 is 37.4 Å². The smallest absolute Gasteiger partial charge is 0.430 e. The number of alkyl halides is 3. The van der Waals surface area contributed by atoms with Crippen LogP contribution in [0.15, 0.2) is 0 Å².